The zero-order valence-corrected chi connectivity index (χ0v) is 12.8. The summed E-state index contributed by atoms with van der Waals surface area (Å²) < 4.78 is 5.30. The molecular formula is C16H32N2O. The summed E-state index contributed by atoms with van der Waals surface area (Å²) in [4.78, 5) is 2.68. The Morgan fingerprint density at radius 3 is 2.42 bits per heavy atom. The fourth-order valence-corrected chi connectivity index (χ4v) is 3.68. The second-order valence-electron chi connectivity index (χ2n) is 6.61. The molecule has 2 fully saturated rings. The van der Waals surface area contributed by atoms with Crippen molar-refractivity contribution in [3.05, 3.63) is 0 Å². The van der Waals surface area contributed by atoms with Gasteiger partial charge in [0, 0.05) is 26.2 Å². The fraction of sp³-hybridized carbons (Fsp3) is 1.00. The van der Waals surface area contributed by atoms with Crippen LogP contribution in [0.15, 0.2) is 0 Å². The van der Waals surface area contributed by atoms with Gasteiger partial charge in [-0.1, -0.05) is 12.8 Å². The van der Waals surface area contributed by atoms with Crippen molar-refractivity contribution in [1.82, 2.24) is 4.90 Å². The topological polar surface area (TPSA) is 38.5 Å². The van der Waals surface area contributed by atoms with Gasteiger partial charge in [-0.25, -0.2) is 0 Å². The molecule has 0 bridgehead atoms. The molecule has 0 aliphatic heterocycles. The molecule has 2 saturated carbocycles. The second kappa shape index (κ2) is 7.61. The van der Waals surface area contributed by atoms with Crippen molar-refractivity contribution in [2.45, 2.75) is 51.5 Å². The Morgan fingerprint density at radius 1 is 1.16 bits per heavy atom. The SMILES string of the molecule is COCCN(CC1CCCCC1CN)C(C)C1CC1. The highest BCUT2D eigenvalue weighted by Gasteiger charge is 2.34. The first-order valence-electron chi connectivity index (χ1n) is 8.19. The highest BCUT2D eigenvalue weighted by atomic mass is 16.5. The Labute approximate surface area is 118 Å². The van der Waals surface area contributed by atoms with Gasteiger partial charge in [-0.2, -0.15) is 0 Å². The van der Waals surface area contributed by atoms with Crippen molar-refractivity contribution in [3.8, 4) is 0 Å². The molecular weight excluding hydrogens is 236 g/mol. The van der Waals surface area contributed by atoms with Gasteiger partial charge in [0.15, 0.2) is 0 Å². The minimum atomic E-state index is 0.732. The standard InChI is InChI=1S/C16H32N2O/c1-13(14-7-8-14)18(9-10-19-2)12-16-6-4-3-5-15(16)11-17/h13-16H,3-12,17H2,1-2H3. The van der Waals surface area contributed by atoms with Crippen molar-refractivity contribution in [2.75, 3.05) is 33.4 Å². The molecule has 2 rings (SSSR count). The van der Waals surface area contributed by atoms with Crippen LogP contribution in [0, 0.1) is 17.8 Å². The molecule has 3 atom stereocenters. The summed E-state index contributed by atoms with van der Waals surface area (Å²) in [6.07, 6.45) is 8.36. The number of hydrogen-bond donors (Lipinski definition) is 1. The smallest absolute Gasteiger partial charge is 0.0589 e. The molecule has 0 heterocycles. The highest BCUT2D eigenvalue weighted by molar-refractivity contribution is 4.87. The monoisotopic (exact) mass is 268 g/mol. The Balaban J connectivity index is 1.89. The molecule has 2 aliphatic rings. The van der Waals surface area contributed by atoms with E-state index in [4.69, 9.17) is 10.5 Å². The van der Waals surface area contributed by atoms with Crippen LogP contribution in [0.3, 0.4) is 0 Å². The van der Waals surface area contributed by atoms with Crippen molar-refractivity contribution >= 4 is 0 Å². The van der Waals surface area contributed by atoms with Gasteiger partial charge in [-0.3, -0.25) is 4.90 Å². The largest absolute Gasteiger partial charge is 0.383 e. The van der Waals surface area contributed by atoms with Gasteiger partial charge >= 0.3 is 0 Å². The molecule has 112 valence electrons. The minimum absolute atomic E-state index is 0.732. The third-order valence-corrected chi connectivity index (χ3v) is 5.30. The number of ether oxygens (including phenoxy) is 1. The lowest BCUT2D eigenvalue weighted by Crippen LogP contribution is -2.43. The number of methoxy groups -OCH3 is 1. The summed E-state index contributed by atoms with van der Waals surface area (Å²) in [5.74, 6) is 2.51. The van der Waals surface area contributed by atoms with E-state index in [2.05, 4.69) is 11.8 Å². The van der Waals surface area contributed by atoms with E-state index in [1.54, 1.807) is 0 Å². The van der Waals surface area contributed by atoms with E-state index in [-0.39, 0.29) is 0 Å². The van der Waals surface area contributed by atoms with Gasteiger partial charge in [0.1, 0.15) is 0 Å². The molecule has 2 aliphatic carbocycles. The molecule has 0 aromatic heterocycles. The van der Waals surface area contributed by atoms with Crippen molar-refractivity contribution in [2.24, 2.45) is 23.5 Å². The van der Waals surface area contributed by atoms with Crippen LogP contribution in [-0.4, -0.2) is 44.3 Å². The molecule has 0 aromatic rings. The van der Waals surface area contributed by atoms with Gasteiger partial charge in [-0.05, 0) is 56.9 Å². The highest BCUT2D eigenvalue weighted by Crippen LogP contribution is 2.37. The lowest BCUT2D eigenvalue weighted by atomic mass is 9.79. The second-order valence-corrected chi connectivity index (χ2v) is 6.61. The molecule has 0 saturated heterocycles. The van der Waals surface area contributed by atoms with Crippen LogP contribution in [0.1, 0.15) is 45.4 Å². The van der Waals surface area contributed by atoms with Crippen LogP contribution in [0.5, 0.6) is 0 Å². The van der Waals surface area contributed by atoms with Gasteiger partial charge < -0.3 is 10.5 Å². The lowest BCUT2D eigenvalue weighted by Gasteiger charge is -2.37. The lowest BCUT2D eigenvalue weighted by molar-refractivity contribution is 0.0810. The zero-order chi connectivity index (χ0) is 13.7. The molecule has 3 nitrogen and oxygen atoms in total. The average Bonchev–Trinajstić information content (AvgIpc) is 3.27. The normalized spacial score (nSPS) is 29.7. The van der Waals surface area contributed by atoms with Crippen LogP contribution < -0.4 is 5.73 Å². The summed E-state index contributed by atoms with van der Waals surface area (Å²) in [6.45, 7) is 6.47. The van der Waals surface area contributed by atoms with E-state index < -0.39 is 0 Å². The first-order valence-corrected chi connectivity index (χ1v) is 8.19. The van der Waals surface area contributed by atoms with Gasteiger partial charge in [0.05, 0.1) is 6.61 Å². The molecule has 19 heavy (non-hydrogen) atoms. The maximum absolute atomic E-state index is 5.97. The van der Waals surface area contributed by atoms with Crippen molar-refractivity contribution in [3.63, 3.8) is 0 Å². The first kappa shape index (κ1) is 15.3. The average molecular weight is 268 g/mol. The fourth-order valence-electron chi connectivity index (χ4n) is 3.68. The quantitative estimate of drug-likeness (QED) is 0.735. The van der Waals surface area contributed by atoms with Crippen molar-refractivity contribution < 1.29 is 4.74 Å². The predicted molar refractivity (Wildman–Crippen MR) is 80.1 cm³/mol. The number of hydrogen-bond acceptors (Lipinski definition) is 3. The Hall–Kier alpha value is -0.120. The van der Waals surface area contributed by atoms with Gasteiger partial charge in [0.2, 0.25) is 0 Å². The molecule has 0 radical (unpaired) electrons. The van der Waals surface area contributed by atoms with E-state index in [0.29, 0.717) is 0 Å². The maximum Gasteiger partial charge on any atom is 0.0589 e. The Bertz CT molecular complexity index is 255. The summed E-state index contributed by atoms with van der Waals surface area (Å²) in [6, 6.07) is 0.732. The third-order valence-electron chi connectivity index (χ3n) is 5.30. The van der Waals surface area contributed by atoms with Crippen LogP contribution in [0.4, 0.5) is 0 Å². The molecule has 3 unspecified atom stereocenters. The van der Waals surface area contributed by atoms with Crippen LogP contribution >= 0.6 is 0 Å². The van der Waals surface area contributed by atoms with Gasteiger partial charge in [-0.15, -0.1) is 0 Å². The van der Waals surface area contributed by atoms with Crippen LogP contribution in [0.25, 0.3) is 0 Å². The molecule has 3 heteroatoms. The summed E-state index contributed by atoms with van der Waals surface area (Å²) in [5, 5.41) is 0. The van der Waals surface area contributed by atoms with E-state index in [1.165, 1.54) is 45.1 Å². The van der Waals surface area contributed by atoms with Crippen molar-refractivity contribution in [1.29, 1.82) is 0 Å². The number of nitrogens with zero attached hydrogens (tertiary/aromatic N) is 1. The summed E-state index contributed by atoms with van der Waals surface area (Å²) in [7, 11) is 1.81. The summed E-state index contributed by atoms with van der Waals surface area (Å²) >= 11 is 0. The van der Waals surface area contributed by atoms with Gasteiger partial charge in [0.25, 0.3) is 0 Å². The maximum atomic E-state index is 5.97. The van der Waals surface area contributed by atoms with Crippen LogP contribution in [-0.2, 0) is 4.74 Å². The Morgan fingerprint density at radius 2 is 1.84 bits per heavy atom. The van der Waals surface area contributed by atoms with Crippen LogP contribution in [0.2, 0.25) is 0 Å². The zero-order valence-electron chi connectivity index (χ0n) is 12.8. The van der Waals surface area contributed by atoms with E-state index >= 15 is 0 Å². The minimum Gasteiger partial charge on any atom is -0.383 e. The predicted octanol–water partition coefficient (Wildman–Crippen LogP) is 2.50. The number of nitrogens with two attached hydrogens (primary N) is 1. The third kappa shape index (κ3) is 4.44. The molecule has 0 spiro atoms. The molecule has 0 aromatic carbocycles. The molecule has 0 amide bonds. The summed E-state index contributed by atoms with van der Waals surface area (Å²) in [5.41, 5.74) is 5.97. The van der Waals surface area contributed by atoms with E-state index in [0.717, 1.165) is 43.5 Å². The van der Waals surface area contributed by atoms with E-state index in [9.17, 15) is 0 Å². The first-order chi connectivity index (χ1) is 9.26. The number of rotatable bonds is 8. The molecule has 2 N–H and O–H groups in total. The van der Waals surface area contributed by atoms with E-state index in [1.807, 2.05) is 7.11 Å². The Kier molecular flexibility index (Phi) is 6.11.